The summed E-state index contributed by atoms with van der Waals surface area (Å²) in [5.74, 6) is 2.51. The van der Waals surface area contributed by atoms with Gasteiger partial charge in [-0.3, -0.25) is 0 Å². The number of alkyl halides is 1. The summed E-state index contributed by atoms with van der Waals surface area (Å²) in [6.45, 7) is 4.77. The topological polar surface area (TPSA) is 18.5 Å². The highest BCUT2D eigenvalue weighted by Crippen LogP contribution is 2.25. The van der Waals surface area contributed by atoms with Gasteiger partial charge in [-0.2, -0.15) is 0 Å². The van der Waals surface area contributed by atoms with Crippen LogP contribution in [0.5, 0.6) is 11.5 Å². The minimum absolute atomic E-state index is 0.192. The predicted molar refractivity (Wildman–Crippen MR) is 85.2 cm³/mol. The van der Waals surface area contributed by atoms with Crippen LogP contribution in [0.2, 0.25) is 0 Å². The summed E-state index contributed by atoms with van der Waals surface area (Å²) in [7, 11) is 0. The van der Waals surface area contributed by atoms with Crippen LogP contribution in [0.3, 0.4) is 0 Å². The molecular formula is C17H21ClO2. The molecule has 0 saturated carbocycles. The van der Waals surface area contributed by atoms with Crippen LogP contribution in [0.15, 0.2) is 36.4 Å². The third-order valence-electron chi connectivity index (χ3n) is 2.95. The summed E-state index contributed by atoms with van der Waals surface area (Å²) in [5.41, 5.74) is 0. The van der Waals surface area contributed by atoms with Gasteiger partial charge in [0.1, 0.15) is 11.5 Å². The minimum atomic E-state index is 0.192. The van der Waals surface area contributed by atoms with Crippen LogP contribution >= 0.6 is 11.6 Å². The van der Waals surface area contributed by atoms with E-state index in [0.717, 1.165) is 35.1 Å². The molecule has 0 heterocycles. The van der Waals surface area contributed by atoms with Gasteiger partial charge in [-0.1, -0.05) is 12.1 Å². The van der Waals surface area contributed by atoms with Crippen molar-refractivity contribution in [2.24, 2.45) is 0 Å². The molecule has 0 aliphatic carbocycles. The maximum absolute atomic E-state index is 5.72. The van der Waals surface area contributed by atoms with Crippen molar-refractivity contribution >= 4 is 22.4 Å². The van der Waals surface area contributed by atoms with Crippen molar-refractivity contribution in [1.82, 2.24) is 0 Å². The predicted octanol–water partition coefficient (Wildman–Crippen LogP) is 5.02. The number of benzene rings is 2. The molecule has 3 heteroatoms. The number of hydrogen-bond donors (Lipinski definition) is 0. The van der Waals surface area contributed by atoms with Crippen molar-refractivity contribution in [1.29, 1.82) is 0 Å². The molecule has 0 saturated heterocycles. The first-order valence-corrected chi connectivity index (χ1v) is 7.62. The Balaban J connectivity index is 2.06. The Morgan fingerprint density at radius 3 is 2.25 bits per heavy atom. The second-order valence-electron chi connectivity index (χ2n) is 5.08. The molecule has 0 atom stereocenters. The van der Waals surface area contributed by atoms with Crippen molar-refractivity contribution in [3.63, 3.8) is 0 Å². The lowest BCUT2D eigenvalue weighted by molar-refractivity contribution is 0.243. The molecule has 0 fully saturated rings. The van der Waals surface area contributed by atoms with Crippen molar-refractivity contribution in [3.05, 3.63) is 36.4 Å². The lowest BCUT2D eigenvalue weighted by Gasteiger charge is -2.11. The van der Waals surface area contributed by atoms with Gasteiger partial charge in [-0.25, -0.2) is 0 Å². The van der Waals surface area contributed by atoms with Crippen LogP contribution in [-0.4, -0.2) is 18.6 Å². The third-order valence-corrected chi connectivity index (χ3v) is 3.22. The van der Waals surface area contributed by atoms with E-state index in [1.54, 1.807) is 0 Å². The standard InChI is InChI=1S/C17H21ClO2/c1-13(2)20-17-8-6-14-11-16(7-5-15(14)12-17)19-10-4-3-9-18/h5-8,11-13H,3-4,9-10H2,1-2H3. The van der Waals surface area contributed by atoms with E-state index in [1.807, 2.05) is 26.0 Å². The Labute approximate surface area is 125 Å². The van der Waals surface area contributed by atoms with Crippen LogP contribution in [0.4, 0.5) is 0 Å². The van der Waals surface area contributed by atoms with E-state index < -0.39 is 0 Å². The van der Waals surface area contributed by atoms with Gasteiger partial charge in [-0.05, 0) is 61.7 Å². The fourth-order valence-electron chi connectivity index (χ4n) is 2.02. The zero-order valence-corrected chi connectivity index (χ0v) is 12.8. The molecule has 0 spiro atoms. The van der Waals surface area contributed by atoms with Crippen molar-refractivity contribution in [2.75, 3.05) is 12.5 Å². The minimum Gasteiger partial charge on any atom is -0.494 e. The maximum atomic E-state index is 5.72. The summed E-state index contributed by atoms with van der Waals surface area (Å²) >= 11 is 5.64. The smallest absolute Gasteiger partial charge is 0.120 e. The molecule has 2 aromatic rings. The van der Waals surface area contributed by atoms with Gasteiger partial charge < -0.3 is 9.47 Å². The van der Waals surface area contributed by atoms with Gasteiger partial charge in [0.05, 0.1) is 12.7 Å². The molecule has 0 aliphatic heterocycles. The summed E-state index contributed by atoms with van der Waals surface area (Å²) in [5, 5.41) is 2.33. The zero-order chi connectivity index (χ0) is 14.4. The Bertz CT molecular complexity index is 552. The molecular weight excluding hydrogens is 272 g/mol. The Hall–Kier alpha value is -1.41. The number of rotatable bonds is 7. The fourth-order valence-corrected chi connectivity index (χ4v) is 2.21. The molecule has 0 bridgehead atoms. The molecule has 0 radical (unpaired) electrons. The number of hydrogen-bond acceptors (Lipinski definition) is 2. The molecule has 0 aliphatic rings. The van der Waals surface area contributed by atoms with Gasteiger partial charge in [0.15, 0.2) is 0 Å². The largest absolute Gasteiger partial charge is 0.494 e. The van der Waals surface area contributed by atoms with Gasteiger partial charge in [0.2, 0.25) is 0 Å². The Morgan fingerprint density at radius 1 is 0.950 bits per heavy atom. The van der Waals surface area contributed by atoms with E-state index >= 15 is 0 Å². The van der Waals surface area contributed by atoms with E-state index in [2.05, 4.69) is 24.3 Å². The number of fused-ring (bicyclic) bond motifs is 1. The van der Waals surface area contributed by atoms with Crippen LogP contribution in [0, 0.1) is 0 Å². The average Bonchev–Trinajstić information content (AvgIpc) is 2.43. The highest BCUT2D eigenvalue weighted by molar-refractivity contribution is 6.17. The molecule has 0 N–H and O–H groups in total. The third kappa shape index (κ3) is 4.31. The molecule has 0 amide bonds. The molecule has 2 rings (SSSR count). The van der Waals surface area contributed by atoms with E-state index in [0.29, 0.717) is 12.5 Å². The first-order chi connectivity index (χ1) is 9.69. The average molecular weight is 293 g/mol. The van der Waals surface area contributed by atoms with Crippen LogP contribution in [0.25, 0.3) is 10.8 Å². The molecule has 0 unspecified atom stereocenters. The van der Waals surface area contributed by atoms with Crippen LogP contribution in [-0.2, 0) is 0 Å². The Morgan fingerprint density at radius 2 is 1.60 bits per heavy atom. The highest BCUT2D eigenvalue weighted by Gasteiger charge is 2.02. The number of unbranched alkanes of at least 4 members (excludes halogenated alkanes) is 1. The molecule has 108 valence electrons. The summed E-state index contributed by atoms with van der Waals surface area (Å²) < 4.78 is 11.4. The van der Waals surface area contributed by atoms with Crippen LogP contribution in [0.1, 0.15) is 26.7 Å². The van der Waals surface area contributed by atoms with Crippen molar-refractivity contribution in [2.45, 2.75) is 32.8 Å². The first kappa shape index (κ1) is 15.0. The Kier molecular flexibility index (Phi) is 5.54. The SMILES string of the molecule is CC(C)Oc1ccc2cc(OCCCCCl)ccc2c1. The molecule has 20 heavy (non-hydrogen) atoms. The number of ether oxygens (including phenoxy) is 2. The summed E-state index contributed by atoms with van der Waals surface area (Å²) in [4.78, 5) is 0. The van der Waals surface area contributed by atoms with Gasteiger partial charge in [-0.15, -0.1) is 11.6 Å². The lowest BCUT2D eigenvalue weighted by Crippen LogP contribution is -2.05. The zero-order valence-electron chi connectivity index (χ0n) is 12.1. The van der Waals surface area contributed by atoms with Crippen molar-refractivity contribution < 1.29 is 9.47 Å². The van der Waals surface area contributed by atoms with E-state index in [9.17, 15) is 0 Å². The second kappa shape index (κ2) is 7.39. The van der Waals surface area contributed by atoms with Gasteiger partial charge >= 0.3 is 0 Å². The van der Waals surface area contributed by atoms with Crippen molar-refractivity contribution in [3.8, 4) is 11.5 Å². The monoisotopic (exact) mass is 292 g/mol. The first-order valence-electron chi connectivity index (χ1n) is 7.08. The second-order valence-corrected chi connectivity index (χ2v) is 5.46. The normalized spacial score (nSPS) is 11.0. The van der Waals surface area contributed by atoms with Crippen LogP contribution < -0.4 is 9.47 Å². The molecule has 2 nitrogen and oxygen atoms in total. The highest BCUT2D eigenvalue weighted by atomic mass is 35.5. The number of halogens is 1. The lowest BCUT2D eigenvalue weighted by atomic mass is 10.1. The maximum Gasteiger partial charge on any atom is 0.120 e. The quantitative estimate of drug-likeness (QED) is 0.527. The summed E-state index contributed by atoms with van der Waals surface area (Å²) in [6.07, 6.45) is 2.17. The van der Waals surface area contributed by atoms with Gasteiger partial charge in [0, 0.05) is 5.88 Å². The van der Waals surface area contributed by atoms with E-state index in [-0.39, 0.29) is 6.10 Å². The molecule has 2 aromatic carbocycles. The molecule has 0 aromatic heterocycles. The summed E-state index contributed by atoms with van der Waals surface area (Å²) in [6, 6.07) is 12.3. The fraction of sp³-hybridized carbons (Fsp3) is 0.412. The van der Waals surface area contributed by atoms with E-state index in [4.69, 9.17) is 21.1 Å². The van der Waals surface area contributed by atoms with E-state index in [1.165, 1.54) is 0 Å². The van der Waals surface area contributed by atoms with Gasteiger partial charge in [0.25, 0.3) is 0 Å².